The van der Waals surface area contributed by atoms with Gasteiger partial charge < -0.3 is 4.98 Å². The van der Waals surface area contributed by atoms with E-state index in [0.29, 0.717) is 16.5 Å². The molecular weight excluding hydrogens is 408 g/mol. The first-order chi connectivity index (χ1) is 13.9. The smallest absolute Gasteiger partial charge is 0.276 e. The Hall–Kier alpha value is -2.98. The van der Waals surface area contributed by atoms with Gasteiger partial charge in [0.25, 0.3) is 17.4 Å². The first-order valence-electron chi connectivity index (χ1n) is 8.77. The van der Waals surface area contributed by atoms with Crippen molar-refractivity contribution in [2.45, 2.75) is 19.6 Å². The van der Waals surface area contributed by atoms with Crippen molar-refractivity contribution in [3.8, 4) is 11.3 Å². The van der Waals surface area contributed by atoms with Crippen LogP contribution in [-0.2, 0) is 5.75 Å². The molecule has 0 aliphatic rings. The van der Waals surface area contributed by atoms with E-state index in [0.717, 1.165) is 16.8 Å². The lowest BCUT2D eigenvalue weighted by molar-refractivity contribution is 0.102. The Kier molecular flexibility index (Phi) is 5.20. The van der Waals surface area contributed by atoms with Crippen LogP contribution in [0.4, 0.5) is 5.95 Å². The summed E-state index contributed by atoms with van der Waals surface area (Å²) in [4.78, 5) is 36.2. The summed E-state index contributed by atoms with van der Waals surface area (Å²) >= 11 is 2.94. The summed E-state index contributed by atoms with van der Waals surface area (Å²) in [6, 6.07) is 7.39. The number of anilines is 1. The van der Waals surface area contributed by atoms with E-state index in [1.807, 2.05) is 11.6 Å². The zero-order chi connectivity index (χ0) is 20.5. The van der Waals surface area contributed by atoms with Gasteiger partial charge in [0.05, 0.1) is 11.4 Å². The van der Waals surface area contributed by atoms with E-state index in [1.54, 1.807) is 4.52 Å². The van der Waals surface area contributed by atoms with Crippen molar-refractivity contribution in [1.82, 2.24) is 24.6 Å². The Morgan fingerprint density at radius 3 is 2.86 bits per heavy atom. The second-order valence-electron chi connectivity index (χ2n) is 6.53. The maximum atomic E-state index is 12.5. The number of hydrogen-bond acceptors (Lipinski definition) is 7. The van der Waals surface area contributed by atoms with Crippen LogP contribution in [0.1, 0.15) is 27.4 Å². The molecule has 0 spiro atoms. The van der Waals surface area contributed by atoms with E-state index in [1.165, 1.54) is 34.7 Å². The minimum absolute atomic E-state index is 0.0329. The van der Waals surface area contributed by atoms with Gasteiger partial charge in [-0.25, -0.2) is 9.50 Å². The number of carbonyl (C=O) groups excluding carboxylic acids is 1. The minimum atomic E-state index is -0.523. The lowest BCUT2D eigenvalue weighted by atomic mass is 10.0. The third-order valence-corrected chi connectivity index (χ3v) is 5.65. The predicted octanol–water partition coefficient (Wildman–Crippen LogP) is 3.27. The molecular formula is C19H18N6O2S2. The maximum Gasteiger partial charge on any atom is 0.276 e. The molecule has 0 aliphatic carbocycles. The van der Waals surface area contributed by atoms with Gasteiger partial charge in [-0.05, 0) is 25.7 Å². The monoisotopic (exact) mass is 426 g/mol. The van der Waals surface area contributed by atoms with Gasteiger partial charge in [-0.3, -0.25) is 14.9 Å². The van der Waals surface area contributed by atoms with Crippen LogP contribution in [-0.4, -0.2) is 36.7 Å². The highest BCUT2D eigenvalue weighted by molar-refractivity contribution is 7.97. The third-order valence-electron chi connectivity index (χ3n) is 4.27. The molecule has 0 saturated heterocycles. The quantitative estimate of drug-likeness (QED) is 0.507. The lowest BCUT2D eigenvalue weighted by Crippen LogP contribution is -2.20. The SMILES string of the molecule is CSCc1nc(C(=O)Nc2nc3scc(-c4ccc(C)cc4C)n3n2)cc(=O)[nH]1. The van der Waals surface area contributed by atoms with Crippen molar-refractivity contribution in [1.29, 1.82) is 0 Å². The van der Waals surface area contributed by atoms with Gasteiger partial charge in [-0.2, -0.15) is 16.7 Å². The second-order valence-corrected chi connectivity index (χ2v) is 8.24. The normalized spacial score (nSPS) is 11.1. The molecule has 0 saturated carbocycles. The number of amides is 1. The molecule has 0 atom stereocenters. The number of aryl methyl sites for hydroxylation is 2. The molecule has 0 fully saturated rings. The van der Waals surface area contributed by atoms with E-state index in [2.05, 4.69) is 57.4 Å². The van der Waals surface area contributed by atoms with Crippen LogP contribution in [0.15, 0.2) is 34.4 Å². The summed E-state index contributed by atoms with van der Waals surface area (Å²) in [6.45, 7) is 4.10. The van der Waals surface area contributed by atoms with Gasteiger partial charge in [0.2, 0.25) is 4.96 Å². The van der Waals surface area contributed by atoms with Crippen molar-refractivity contribution < 1.29 is 4.79 Å². The van der Waals surface area contributed by atoms with E-state index < -0.39 is 5.91 Å². The Labute approximate surface area is 174 Å². The van der Waals surface area contributed by atoms with Gasteiger partial charge in [-0.15, -0.1) is 16.4 Å². The fourth-order valence-electron chi connectivity index (χ4n) is 3.02. The zero-order valence-corrected chi connectivity index (χ0v) is 17.6. The second kappa shape index (κ2) is 7.80. The number of rotatable bonds is 5. The average Bonchev–Trinajstić information content (AvgIpc) is 3.22. The average molecular weight is 427 g/mol. The highest BCUT2D eigenvalue weighted by Crippen LogP contribution is 2.28. The molecule has 4 rings (SSSR count). The van der Waals surface area contributed by atoms with Crippen LogP contribution in [0.2, 0.25) is 0 Å². The fourth-order valence-corrected chi connectivity index (χ4v) is 4.25. The molecule has 0 unspecified atom stereocenters. The minimum Gasteiger partial charge on any atom is -0.310 e. The van der Waals surface area contributed by atoms with Crippen LogP contribution in [0.3, 0.4) is 0 Å². The molecule has 8 nitrogen and oxygen atoms in total. The standard InChI is InChI=1S/C19H18N6O2S2/c1-10-4-5-12(11(2)6-10)14-8-29-19-23-18(24-25(14)19)22-17(27)13-7-16(26)21-15(20-13)9-28-3/h4-8H,9H2,1-3H3,(H,20,21,26)(H,22,24,27). The molecule has 2 N–H and O–H groups in total. The van der Waals surface area contributed by atoms with Crippen molar-refractivity contribution in [3.05, 3.63) is 62.6 Å². The number of thioether (sulfide) groups is 1. The number of fused-ring (bicyclic) bond motifs is 1. The Balaban J connectivity index is 1.64. The summed E-state index contributed by atoms with van der Waals surface area (Å²) in [5.74, 6) is 0.603. The van der Waals surface area contributed by atoms with Crippen LogP contribution in [0.5, 0.6) is 0 Å². The number of aromatic nitrogens is 5. The maximum absolute atomic E-state index is 12.5. The van der Waals surface area contributed by atoms with Crippen molar-refractivity contribution in [3.63, 3.8) is 0 Å². The molecule has 1 amide bonds. The molecule has 0 bridgehead atoms. The molecule has 1 aromatic carbocycles. The van der Waals surface area contributed by atoms with Crippen LogP contribution >= 0.6 is 23.1 Å². The number of benzene rings is 1. The van der Waals surface area contributed by atoms with Gasteiger partial charge in [0.15, 0.2) is 0 Å². The zero-order valence-electron chi connectivity index (χ0n) is 16.0. The Bertz CT molecular complexity index is 1270. The summed E-state index contributed by atoms with van der Waals surface area (Å²) in [6.07, 6.45) is 1.89. The van der Waals surface area contributed by atoms with Gasteiger partial charge in [0.1, 0.15) is 11.5 Å². The largest absolute Gasteiger partial charge is 0.310 e. The van der Waals surface area contributed by atoms with Gasteiger partial charge in [-0.1, -0.05) is 23.8 Å². The lowest BCUT2D eigenvalue weighted by Gasteiger charge is -2.05. The fraction of sp³-hybridized carbons (Fsp3) is 0.211. The van der Waals surface area contributed by atoms with Crippen LogP contribution in [0.25, 0.3) is 16.2 Å². The van der Waals surface area contributed by atoms with E-state index in [4.69, 9.17) is 0 Å². The van der Waals surface area contributed by atoms with Crippen molar-refractivity contribution in [2.24, 2.45) is 0 Å². The van der Waals surface area contributed by atoms with Gasteiger partial charge >= 0.3 is 0 Å². The number of hydrogen-bond donors (Lipinski definition) is 2. The first-order valence-corrected chi connectivity index (χ1v) is 11.0. The highest BCUT2D eigenvalue weighted by atomic mass is 32.2. The molecule has 148 valence electrons. The molecule has 0 radical (unpaired) electrons. The molecule has 10 heteroatoms. The van der Waals surface area contributed by atoms with E-state index >= 15 is 0 Å². The van der Waals surface area contributed by atoms with Crippen molar-refractivity contribution in [2.75, 3.05) is 11.6 Å². The summed E-state index contributed by atoms with van der Waals surface area (Å²) in [5.41, 5.74) is 3.96. The number of nitrogens with one attached hydrogen (secondary N) is 2. The summed E-state index contributed by atoms with van der Waals surface area (Å²) in [7, 11) is 0. The number of H-pyrrole nitrogens is 1. The van der Waals surface area contributed by atoms with Gasteiger partial charge in [0, 0.05) is 17.0 Å². The molecule has 3 heterocycles. The van der Waals surface area contributed by atoms with Crippen molar-refractivity contribution >= 4 is 39.9 Å². The Morgan fingerprint density at radius 1 is 1.28 bits per heavy atom. The summed E-state index contributed by atoms with van der Waals surface area (Å²) < 4.78 is 1.71. The number of carbonyl (C=O) groups is 1. The third kappa shape index (κ3) is 3.94. The molecule has 3 aromatic heterocycles. The summed E-state index contributed by atoms with van der Waals surface area (Å²) in [5, 5.41) is 9.05. The van der Waals surface area contributed by atoms with E-state index in [-0.39, 0.29) is 17.2 Å². The topological polar surface area (TPSA) is 105 Å². The number of aromatic amines is 1. The van der Waals surface area contributed by atoms with E-state index in [9.17, 15) is 9.59 Å². The highest BCUT2D eigenvalue weighted by Gasteiger charge is 2.17. The van der Waals surface area contributed by atoms with Crippen LogP contribution < -0.4 is 10.9 Å². The first kappa shape index (κ1) is 19.3. The molecule has 0 aliphatic heterocycles. The predicted molar refractivity (Wildman–Crippen MR) is 116 cm³/mol. The molecule has 29 heavy (non-hydrogen) atoms. The number of thiazole rings is 1. The Morgan fingerprint density at radius 2 is 2.10 bits per heavy atom. The van der Waals surface area contributed by atoms with Crippen LogP contribution in [0, 0.1) is 13.8 Å². The molecule has 4 aromatic rings. The number of nitrogens with zero attached hydrogens (tertiary/aromatic N) is 4.